The van der Waals surface area contributed by atoms with Crippen LogP contribution in [0, 0.1) is 6.92 Å². The van der Waals surface area contributed by atoms with Crippen molar-refractivity contribution in [3.8, 4) is 11.5 Å². The average molecular weight is 265 g/mol. The second-order valence-electron chi connectivity index (χ2n) is 4.68. The number of carbonyl (C=O) groups is 1. The van der Waals surface area contributed by atoms with Crippen LogP contribution in [-0.4, -0.2) is 23.2 Å². The molecule has 0 aliphatic heterocycles. The minimum atomic E-state index is -0.582. The van der Waals surface area contributed by atoms with Gasteiger partial charge in [-0.05, 0) is 38.8 Å². The van der Waals surface area contributed by atoms with E-state index < -0.39 is 6.10 Å². The summed E-state index contributed by atoms with van der Waals surface area (Å²) >= 11 is 0. The van der Waals surface area contributed by atoms with E-state index in [0.717, 1.165) is 12.8 Å². The van der Waals surface area contributed by atoms with Crippen molar-refractivity contribution in [1.29, 1.82) is 0 Å². The fourth-order valence-electron chi connectivity index (χ4n) is 1.79. The Morgan fingerprint density at radius 1 is 1.37 bits per heavy atom. The van der Waals surface area contributed by atoms with Crippen LogP contribution in [0.5, 0.6) is 11.5 Å². The third kappa shape index (κ3) is 4.16. The number of carbonyl (C=O) groups excluding carboxylic acids is 1. The number of hydrogen-bond acceptors (Lipinski definition) is 3. The van der Waals surface area contributed by atoms with Crippen LogP contribution in [0.4, 0.5) is 0 Å². The number of hydrogen-bond donors (Lipinski definition) is 2. The molecular formula is C15H23NO3. The molecule has 4 heteroatoms. The summed E-state index contributed by atoms with van der Waals surface area (Å²) in [6.07, 6.45) is 1.22. The molecule has 0 aliphatic rings. The Morgan fingerprint density at radius 3 is 2.58 bits per heavy atom. The second-order valence-corrected chi connectivity index (χ2v) is 4.68. The Bertz CT molecular complexity index is 427. The van der Waals surface area contributed by atoms with Crippen LogP contribution in [0.1, 0.15) is 39.2 Å². The Kier molecular flexibility index (Phi) is 5.67. The van der Waals surface area contributed by atoms with E-state index >= 15 is 0 Å². The largest absolute Gasteiger partial charge is 0.508 e. The highest BCUT2D eigenvalue weighted by atomic mass is 16.5. The van der Waals surface area contributed by atoms with Gasteiger partial charge in [0.25, 0.3) is 5.91 Å². The summed E-state index contributed by atoms with van der Waals surface area (Å²) in [7, 11) is 0. The third-order valence-electron chi connectivity index (χ3n) is 3.26. The van der Waals surface area contributed by atoms with Gasteiger partial charge in [0.05, 0.1) is 0 Å². The number of benzene rings is 1. The summed E-state index contributed by atoms with van der Waals surface area (Å²) in [5.41, 5.74) is 0.643. The first-order chi connectivity index (χ1) is 8.99. The second kappa shape index (κ2) is 7.02. The number of nitrogens with one attached hydrogen (secondary N) is 1. The number of aromatic hydroxyl groups is 1. The highest BCUT2D eigenvalue weighted by molar-refractivity contribution is 5.81. The maximum absolute atomic E-state index is 12.0. The van der Waals surface area contributed by atoms with Crippen molar-refractivity contribution in [2.75, 3.05) is 0 Å². The number of rotatable bonds is 6. The van der Waals surface area contributed by atoms with E-state index in [-0.39, 0.29) is 17.7 Å². The van der Waals surface area contributed by atoms with Gasteiger partial charge in [0.2, 0.25) is 0 Å². The molecule has 0 aliphatic carbocycles. The van der Waals surface area contributed by atoms with Crippen LogP contribution in [0.2, 0.25) is 0 Å². The third-order valence-corrected chi connectivity index (χ3v) is 3.26. The first-order valence-corrected chi connectivity index (χ1v) is 6.75. The maximum Gasteiger partial charge on any atom is 0.260 e. The van der Waals surface area contributed by atoms with Gasteiger partial charge in [-0.25, -0.2) is 0 Å². The Hall–Kier alpha value is -1.71. The SMILES string of the molecule is CCC(CC)NC(=O)C(C)Oc1cccc(O)c1C. The zero-order valence-electron chi connectivity index (χ0n) is 12.1. The van der Waals surface area contributed by atoms with Crippen molar-refractivity contribution >= 4 is 5.91 Å². The molecule has 0 spiro atoms. The van der Waals surface area contributed by atoms with Gasteiger partial charge < -0.3 is 15.2 Å². The van der Waals surface area contributed by atoms with E-state index in [1.54, 1.807) is 32.0 Å². The zero-order chi connectivity index (χ0) is 14.4. The molecule has 1 aromatic carbocycles. The molecule has 0 heterocycles. The predicted molar refractivity (Wildman–Crippen MR) is 75.4 cm³/mol. The summed E-state index contributed by atoms with van der Waals surface area (Å²) in [5.74, 6) is 0.578. The van der Waals surface area contributed by atoms with Gasteiger partial charge in [0.1, 0.15) is 11.5 Å². The summed E-state index contributed by atoms with van der Waals surface area (Å²) in [6, 6.07) is 5.22. The van der Waals surface area contributed by atoms with Gasteiger partial charge in [-0.3, -0.25) is 4.79 Å². The van der Waals surface area contributed by atoms with E-state index in [2.05, 4.69) is 5.32 Å². The number of amides is 1. The van der Waals surface area contributed by atoms with Crippen LogP contribution in [0.15, 0.2) is 18.2 Å². The molecule has 1 rings (SSSR count). The van der Waals surface area contributed by atoms with Gasteiger partial charge in [0.15, 0.2) is 6.10 Å². The maximum atomic E-state index is 12.0. The molecule has 0 aromatic heterocycles. The fraction of sp³-hybridized carbons (Fsp3) is 0.533. The van der Waals surface area contributed by atoms with Gasteiger partial charge in [0, 0.05) is 11.6 Å². The lowest BCUT2D eigenvalue weighted by Crippen LogP contribution is -2.42. The van der Waals surface area contributed by atoms with Crippen molar-refractivity contribution in [1.82, 2.24) is 5.32 Å². The van der Waals surface area contributed by atoms with Crippen molar-refractivity contribution in [2.24, 2.45) is 0 Å². The summed E-state index contributed by atoms with van der Waals surface area (Å²) in [4.78, 5) is 12.0. The average Bonchev–Trinajstić information content (AvgIpc) is 2.40. The normalized spacial score (nSPS) is 12.3. The molecule has 1 amide bonds. The standard InChI is InChI=1S/C15H23NO3/c1-5-12(6-2)16-15(18)11(4)19-14-9-7-8-13(17)10(14)3/h7-9,11-12,17H,5-6H2,1-4H3,(H,16,18). The summed E-state index contributed by atoms with van der Waals surface area (Å²) in [5, 5.41) is 12.5. The van der Waals surface area contributed by atoms with E-state index in [1.165, 1.54) is 0 Å². The lowest BCUT2D eigenvalue weighted by atomic mass is 10.1. The molecule has 0 radical (unpaired) electrons. The van der Waals surface area contributed by atoms with E-state index in [9.17, 15) is 9.90 Å². The van der Waals surface area contributed by atoms with Crippen LogP contribution in [0.3, 0.4) is 0 Å². The molecule has 1 unspecified atom stereocenters. The quantitative estimate of drug-likeness (QED) is 0.831. The molecule has 106 valence electrons. The van der Waals surface area contributed by atoms with Crippen LogP contribution < -0.4 is 10.1 Å². The van der Waals surface area contributed by atoms with Crippen molar-refractivity contribution in [2.45, 2.75) is 52.7 Å². The molecule has 1 aromatic rings. The van der Waals surface area contributed by atoms with Crippen molar-refractivity contribution in [3.05, 3.63) is 23.8 Å². The Labute approximate surface area is 114 Å². The van der Waals surface area contributed by atoms with Crippen LogP contribution in [-0.2, 0) is 4.79 Å². The van der Waals surface area contributed by atoms with E-state index in [4.69, 9.17) is 4.74 Å². The molecule has 19 heavy (non-hydrogen) atoms. The minimum absolute atomic E-state index is 0.128. The lowest BCUT2D eigenvalue weighted by Gasteiger charge is -2.20. The van der Waals surface area contributed by atoms with Crippen molar-refractivity contribution < 1.29 is 14.6 Å². The number of ether oxygens (including phenoxy) is 1. The molecular weight excluding hydrogens is 242 g/mol. The molecule has 0 saturated heterocycles. The monoisotopic (exact) mass is 265 g/mol. The molecule has 0 bridgehead atoms. The number of phenols is 1. The number of phenolic OH excluding ortho intramolecular Hbond substituents is 1. The molecule has 0 fully saturated rings. The lowest BCUT2D eigenvalue weighted by molar-refractivity contribution is -0.128. The molecule has 1 atom stereocenters. The predicted octanol–water partition coefficient (Wildman–Crippen LogP) is 2.77. The highest BCUT2D eigenvalue weighted by Crippen LogP contribution is 2.26. The summed E-state index contributed by atoms with van der Waals surface area (Å²) in [6.45, 7) is 7.55. The molecule has 4 nitrogen and oxygen atoms in total. The highest BCUT2D eigenvalue weighted by Gasteiger charge is 2.18. The molecule has 0 saturated carbocycles. The van der Waals surface area contributed by atoms with E-state index in [0.29, 0.717) is 11.3 Å². The Morgan fingerprint density at radius 2 is 2.00 bits per heavy atom. The van der Waals surface area contributed by atoms with Crippen LogP contribution in [0.25, 0.3) is 0 Å². The van der Waals surface area contributed by atoms with Gasteiger partial charge in [-0.2, -0.15) is 0 Å². The molecule has 2 N–H and O–H groups in total. The van der Waals surface area contributed by atoms with Gasteiger partial charge >= 0.3 is 0 Å². The Balaban J connectivity index is 2.66. The summed E-state index contributed by atoms with van der Waals surface area (Å²) < 4.78 is 5.61. The fourth-order valence-corrected chi connectivity index (χ4v) is 1.79. The first-order valence-electron chi connectivity index (χ1n) is 6.75. The van der Waals surface area contributed by atoms with E-state index in [1.807, 2.05) is 13.8 Å². The first kappa shape index (κ1) is 15.3. The van der Waals surface area contributed by atoms with Gasteiger partial charge in [-0.15, -0.1) is 0 Å². The smallest absolute Gasteiger partial charge is 0.260 e. The zero-order valence-corrected chi connectivity index (χ0v) is 12.1. The van der Waals surface area contributed by atoms with Crippen molar-refractivity contribution in [3.63, 3.8) is 0 Å². The van der Waals surface area contributed by atoms with Crippen LogP contribution >= 0.6 is 0 Å². The van der Waals surface area contributed by atoms with Gasteiger partial charge in [-0.1, -0.05) is 19.9 Å². The topological polar surface area (TPSA) is 58.6 Å². The minimum Gasteiger partial charge on any atom is -0.508 e.